The third-order valence-electron chi connectivity index (χ3n) is 5.40. The molecule has 0 radical (unpaired) electrons. The summed E-state index contributed by atoms with van der Waals surface area (Å²) in [4.78, 5) is 8.93. The molecule has 0 amide bonds. The molecule has 2 saturated heterocycles. The van der Waals surface area contributed by atoms with E-state index in [0.717, 1.165) is 45.2 Å². The highest BCUT2D eigenvalue weighted by atomic mass is 16.3. The van der Waals surface area contributed by atoms with Crippen molar-refractivity contribution in [3.05, 3.63) is 12.7 Å². The van der Waals surface area contributed by atoms with Gasteiger partial charge in [-0.05, 0) is 51.2 Å². The highest BCUT2D eigenvalue weighted by Crippen LogP contribution is 2.20. The Morgan fingerprint density at radius 1 is 1.13 bits per heavy atom. The molecule has 1 N–H and O–H groups in total. The van der Waals surface area contributed by atoms with Crippen molar-refractivity contribution >= 4 is 0 Å². The van der Waals surface area contributed by atoms with Crippen LogP contribution in [0.2, 0.25) is 0 Å². The molecule has 3 heterocycles. The van der Waals surface area contributed by atoms with E-state index in [2.05, 4.69) is 26.8 Å². The van der Waals surface area contributed by atoms with Gasteiger partial charge in [-0.15, -0.1) is 0 Å². The maximum Gasteiger partial charge on any atom is 0.137 e. The van der Waals surface area contributed by atoms with Crippen molar-refractivity contribution in [2.45, 2.75) is 57.7 Å². The summed E-state index contributed by atoms with van der Waals surface area (Å²) in [5.74, 6) is 0.845. The number of rotatable bonds is 6. The number of hydrogen-bond donors (Lipinski definition) is 1. The minimum Gasteiger partial charge on any atom is -0.390 e. The number of piperidine rings is 2. The third-order valence-corrected chi connectivity index (χ3v) is 5.40. The molecule has 0 spiro atoms. The first kappa shape index (κ1) is 16.9. The van der Waals surface area contributed by atoms with Crippen LogP contribution in [0.25, 0.3) is 0 Å². The Morgan fingerprint density at radius 2 is 1.96 bits per heavy atom. The Morgan fingerprint density at radius 3 is 2.70 bits per heavy atom. The molecule has 1 aromatic rings. The molecule has 1 aromatic heterocycles. The Bertz CT molecular complexity index is 444. The lowest BCUT2D eigenvalue weighted by atomic mass is 9.98. The summed E-state index contributed by atoms with van der Waals surface area (Å²) in [6.07, 6.45) is 9.37. The number of aromatic nitrogens is 3. The number of nitrogens with zero attached hydrogens (tertiary/aromatic N) is 5. The standard InChI is InChI=1S/C17H31N5O/c1-15-5-8-20(9-6-15)11-17(23)12-21-7-3-2-4-16(21)10-22-14-18-13-19-22/h13-17,23H,2-12H2,1H3/t16-,17+/m0/s1. The molecule has 23 heavy (non-hydrogen) atoms. The molecule has 130 valence electrons. The second-order valence-corrected chi connectivity index (χ2v) is 7.40. The Balaban J connectivity index is 1.48. The second-order valence-electron chi connectivity index (χ2n) is 7.40. The third kappa shape index (κ3) is 4.99. The molecule has 2 aliphatic heterocycles. The van der Waals surface area contributed by atoms with Gasteiger partial charge in [0.2, 0.25) is 0 Å². The fraction of sp³-hybridized carbons (Fsp3) is 0.882. The van der Waals surface area contributed by atoms with E-state index in [9.17, 15) is 5.11 Å². The Labute approximate surface area is 139 Å². The number of aliphatic hydroxyl groups is 1. The van der Waals surface area contributed by atoms with E-state index in [1.807, 2.05) is 4.68 Å². The number of likely N-dealkylation sites (tertiary alicyclic amines) is 2. The molecule has 2 fully saturated rings. The van der Waals surface area contributed by atoms with Gasteiger partial charge in [0, 0.05) is 19.1 Å². The highest BCUT2D eigenvalue weighted by Gasteiger charge is 2.26. The first-order valence-corrected chi connectivity index (χ1v) is 9.17. The fourth-order valence-corrected chi connectivity index (χ4v) is 3.92. The van der Waals surface area contributed by atoms with E-state index in [0.29, 0.717) is 6.04 Å². The lowest BCUT2D eigenvalue weighted by molar-refractivity contribution is 0.0322. The van der Waals surface area contributed by atoms with Gasteiger partial charge in [0.05, 0.1) is 12.6 Å². The molecule has 0 aliphatic carbocycles. The van der Waals surface area contributed by atoms with Crippen LogP contribution in [-0.4, -0.2) is 74.5 Å². The summed E-state index contributed by atoms with van der Waals surface area (Å²) < 4.78 is 1.92. The summed E-state index contributed by atoms with van der Waals surface area (Å²) in [6, 6.07) is 0.474. The van der Waals surface area contributed by atoms with Gasteiger partial charge in [0.1, 0.15) is 12.7 Å². The largest absolute Gasteiger partial charge is 0.390 e. The van der Waals surface area contributed by atoms with Crippen LogP contribution < -0.4 is 0 Å². The number of β-amino-alcohol motifs (C(OH)–C–C–N with tert-alkyl or cyclic N) is 1. The van der Waals surface area contributed by atoms with Gasteiger partial charge in [-0.25, -0.2) is 4.98 Å². The van der Waals surface area contributed by atoms with Gasteiger partial charge in [-0.2, -0.15) is 5.10 Å². The molecule has 0 saturated carbocycles. The summed E-state index contributed by atoms with van der Waals surface area (Å²) in [5.41, 5.74) is 0. The van der Waals surface area contributed by atoms with Crippen LogP contribution >= 0.6 is 0 Å². The van der Waals surface area contributed by atoms with Crippen molar-refractivity contribution in [3.8, 4) is 0 Å². The summed E-state index contributed by atoms with van der Waals surface area (Å²) in [5, 5.41) is 14.8. The number of aliphatic hydroxyl groups excluding tert-OH is 1. The minimum atomic E-state index is -0.250. The van der Waals surface area contributed by atoms with Crippen molar-refractivity contribution in [2.24, 2.45) is 5.92 Å². The van der Waals surface area contributed by atoms with E-state index in [1.54, 1.807) is 12.7 Å². The summed E-state index contributed by atoms with van der Waals surface area (Å²) >= 11 is 0. The maximum atomic E-state index is 10.5. The topological polar surface area (TPSA) is 57.4 Å². The molecular weight excluding hydrogens is 290 g/mol. The van der Waals surface area contributed by atoms with Crippen molar-refractivity contribution in [3.63, 3.8) is 0 Å². The monoisotopic (exact) mass is 321 g/mol. The molecule has 3 rings (SSSR count). The zero-order valence-electron chi connectivity index (χ0n) is 14.3. The van der Waals surface area contributed by atoms with Crippen LogP contribution in [0, 0.1) is 5.92 Å². The van der Waals surface area contributed by atoms with E-state index < -0.39 is 0 Å². The van der Waals surface area contributed by atoms with Gasteiger partial charge < -0.3 is 10.0 Å². The fourth-order valence-electron chi connectivity index (χ4n) is 3.92. The van der Waals surface area contributed by atoms with Crippen LogP contribution in [0.4, 0.5) is 0 Å². The molecule has 6 heteroatoms. The minimum absolute atomic E-state index is 0.250. The average Bonchev–Trinajstić information content (AvgIpc) is 3.05. The maximum absolute atomic E-state index is 10.5. The molecule has 2 atom stereocenters. The van der Waals surface area contributed by atoms with E-state index in [4.69, 9.17) is 0 Å². The van der Waals surface area contributed by atoms with Crippen LogP contribution in [0.3, 0.4) is 0 Å². The molecule has 2 aliphatic rings. The second kappa shape index (κ2) is 8.22. The van der Waals surface area contributed by atoms with Gasteiger partial charge >= 0.3 is 0 Å². The Hall–Kier alpha value is -0.980. The molecule has 0 bridgehead atoms. The molecular formula is C17H31N5O. The SMILES string of the molecule is CC1CCN(C[C@@H](O)CN2CCCC[C@H]2Cn2cncn2)CC1. The summed E-state index contributed by atoms with van der Waals surface area (Å²) in [6.45, 7) is 8.18. The van der Waals surface area contributed by atoms with Crippen LogP contribution in [-0.2, 0) is 6.54 Å². The van der Waals surface area contributed by atoms with Gasteiger partial charge in [0.15, 0.2) is 0 Å². The number of hydrogen-bond acceptors (Lipinski definition) is 5. The smallest absolute Gasteiger partial charge is 0.137 e. The summed E-state index contributed by atoms with van der Waals surface area (Å²) in [7, 11) is 0. The van der Waals surface area contributed by atoms with Gasteiger partial charge in [-0.3, -0.25) is 9.58 Å². The van der Waals surface area contributed by atoms with Crippen LogP contribution in [0.15, 0.2) is 12.7 Å². The van der Waals surface area contributed by atoms with Crippen molar-refractivity contribution in [1.29, 1.82) is 0 Å². The Kier molecular flexibility index (Phi) is 6.02. The average molecular weight is 321 g/mol. The predicted molar refractivity (Wildman–Crippen MR) is 90.1 cm³/mol. The first-order chi connectivity index (χ1) is 11.2. The predicted octanol–water partition coefficient (Wildman–Crippen LogP) is 1.23. The lowest BCUT2D eigenvalue weighted by Crippen LogP contribution is -2.49. The molecule has 0 unspecified atom stereocenters. The lowest BCUT2D eigenvalue weighted by Gasteiger charge is -2.38. The quantitative estimate of drug-likeness (QED) is 0.854. The zero-order valence-corrected chi connectivity index (χ0v) is 14.3. The normalized spacial score (nSPS) is 26.4. The van der Waals surface area contributed by atoms with Gasteiger partial charge in [-0.1, -0.05) is 13.3 Å². The van der Waals surface area contributed by atoms with Crippen LogP contribution in [0.1, 0.15) is 39.0 Å². The van der Waals surface area contributed by atoms with E-state index in [-0.39, 0.29) is 6.10 Å². The first-order valence-electron chi connectivity index (χ1n) is 9.17. The van der Waals surface area contributed by atoms with Crippen molar-refractivity contribution < 1.29 is 5.11 Å². The highest BCUT2D eigenvalue weighted by molar-refractivity contribution is 4.81. The van der Waals surface area contributed by atoms with Crippen molar-refractivity contribution in [2.75, 3.05) is 32.7 Å². The van der Waals surface area contributed by atoms with E-state index in [1.165, 1.54) is 32.1 Å². The van der Waals surface area contributed by atoms with Crippen molar-refractivity contribution in [1.82, 2.24) is 24.6 Å². The van der Waals surface area contributed by atoms with Crippen LogP contribution in [0.5, 0.6) is 0 Å². The van der Waals surface area contributed by atoms with E-state index >= 15 is 0 Å². The molecule has 0 aromatic carbocycles. The molecule has 6 nitrogen and oxygen atoms in total. The zero-order chi connectivity index (χ0) is 16.1. The van der Waals surface area contributed by atoms with Gasteiger partial charge in [0.25, 0.3) is 0 Å².